The van der Waals surface area contributed by atoms with E-state index in [0.29, 0.717) is 24.3 Å². The Morgan fingerprint density at radius 1 is 1.00 bits per heavy atom. The van der Waals surface area contributed by atoms with Crippen LogP contribution in [0.5, 0.6) is 0 Å². The van der Waals surface area contributed by atoms with E-state index in [4.69, 9.17) is 4.42 Å². The molecular formula is C22H22N4O5S. The summed E-state index contributed by atoms with van der Waals surface area (Å²) in [5.41, 5.74) is 1.20. The first-order chi connectivity index (χ1) is 15.3. The maximum Gasteiger partial charge on any atom is 0.322 e. The van der Waals surface area contributed by atoms with E-state index in [-0.39, 0.29) is 41.6 Å². The fourth-order valence-corrected chi connectivity index (χ4v) is 5.02. The van der Waals surface area contributed by atoms with Crippen molar-refractivity contribution < 1.29 is 22.4 Å². The standard InChI is InChI=1S/C22H22N4O5S/c1-15(27)16-7-9-19(10-8-16)32(29,30)26-13-11-17(12-14-26)20(28)23-22-25-24-21(31-22)18-5-3-2-4-6-18/h2-10,17H,11-14H2,1H3,(H,23,25,28). The zero-order valence-corrected chi connectivity index (χ0v) is 18.2. The number of nitrogens with zero attached hydrogens (tertiary/aromatic N) is 3. The van der Waals surface area contributed by atoms with Gasteiger partial charge in [-0.2, -0.15) is 4.31 Å². The van der Waals surface area contributed by atoms with E-state index >= 15 is 0 Å². The van der Waals surface area contributed by atoms with Crippen molar-refractivity contribution in [3.63, 3.8) is 0 Å². The molecule has 2 heterocycles. The summed E-state index contributed by atoms with van der Waals surface area (Å²) in [7, 11) is -3.69. The van der Waals surface area contributed by atoms with Gasteiger partial charge in [0.25, 0.3) is 0 Å². The van der Waals surface area contributed by atoms with Crippen LogP contribution in [-0.4, -0.2) is 47.7 Å². The van der Waals surface area contributed by atoms with Crippen LogP contribution >= 0.6 is 0 Å². The van der Waals surface area contributed by atoms with Crippen LogP contribution in [-0.2, 0) is 14.8 Å². The Labute approximate surface area is 185 Å². The molecule has 2 aromatic carbocycles. The van der Waals surface area contributed by atoms with Crippen molar-refractivity contribution in [2.75, 3.05) is 18.4 Å². The predicted octanol–water partition coefficient (Wildman–Crippen LogP) is 2.98. The Morgan fingerprint density at radius 2 is 1.66 bits per heavy atom. The lowest BCUT2D eigenvalue weighted by molar-refractivity contribution is -0.121. The van der Waals surface area contributed by atoms with Crippen molar-refractivity contribution in [3.8, 4) is 11.5 Å². The lowest BCUT2D eigenvalue weighted by Gasteiger charge is -2.30. The summed E-state index contributed by atoms with van der Waals surface area (Å²) in [6.45, 7) is 1.86. The Hall–Kier alpha value is -3.37. The number of hydrogen-bond acceptors (Lipinski definition) is 7. The van der Waals surface area contributed by atoms with Crippen LogP contribution in [0.4, 0.5) is 6.01 Å². The molecule has 1 N–H and O–H groups in total. The summed E-state index contributed by atoms with van der Waals surface area (Å²) in [6, 6.07) is 15.1. The van der Waals surface area contributed by atoms with Crippen molar-refractivity contribution >= 4 is 27.7 Å². The van der Waals surface area contributed by atoms with Gasteiger partial charge in [-0.05, 0) is 44.0 Å². The first-order valence-corrected chi connectivity index (χ1v) is 11.6. The number of anilines is 1. The SMILES string of the molecule is CC(=O)c1ccc(S(=O)(=O)N2CCC(C(=O)Nc3nnc(-c4ccccc4)o3)CC2)cc1. The number of carbonyl (C=O) groups excluding carboxylic acids is 2. The molecule has 3 aromatic rings. The largest absolute Gasteiger partial charge is 0.403 e. The molecule has 1 aliphatic heterocycles. The molecule has 1 aliphatic rings. The molecule has 1 amide bonds. The number of piperidine rings is 1. The van der Waals surface area contributed by atoms with E-state index in [9.17, 15) is 18.0 Å². The highest BCUT2D eigenvalue weighted by atomic mass is 32.2. The van der Waals surface area contributed by atoms with Crippen molar-refractivity contribution in [1.29, 1.82) is 0 Å². The van der Waals surface area contributed by atoms with Crippen LogP contribution in [0.1, 0.15) is 30.1 Å². The molecule has 0 aliphatic carbocycles. The molecular weight excluding hydrogens is 432 g/mol. The number of rotatable bonds is 6. The first kappa shape index (κ1) is 21.8. The summed E-state index contributed by atoms with van der Waals surface area (Å²) in [4.78, 5) is 24.1. The number of carbonyl (C=O) groups is 2. The van der Waals surface area contributed by atoms with Gasteiger partial charge in [0.2, 0.25) is 21.8 Å². The van der Waals surface area contributed by atoms with Crippen LogP contribution in [0.3, 0.4) is 0 Å². The third kappa shape index (κ3) is 4.61. The van der Waals surface area contributed by atoms with Gasteiger partial charge in [-0.1, -0.05) is 35.4 Å². The van der Waals surface area contributed by atoms with Crippen LogP contribution in [0, 0.1) is 5.92 Å². The molecule has 1 aromatic heterocycles. The van der Waals surface area contributed by atoms with Gasteiger partial charge < -0.3 is 4.42 Å². The minimum atomic E-state index is -3.69. The summed E-state index contributed by atoms with van der Waals surface area (Å²) >= 11 is 0. The predicted molar refractivity (Wildman–Crippen MR) is 116 cm³/mol. The number of nitrogens with one attached hydrogen (secondary N) is 1. The highest BCUT2D eigenvalue weighted by molar-refractivity contribution is 7.89. The number of benzene rings is 2. The molecule has 0 spiro atoms. The van der Waals surface area contributed by atoms with Crippen LogP contribution in [0.25, 0.3) is 11.5 Å². The van der Waals surface area contributed by atoms with Crippen molar-refractivity contribution in [3.05, 3.63) is 60.2 Å². The van der Waals surface area contributed by atoms with Crippen molar-refractivity contribution in [1.82, 2.24) is 14.5 Å². The molecule has 0 unspecified atom stereocenters. The van der Waals surface area contributed by atoms with Gasteiger partial charge in [-0.25, -0.2) is 8.42 Å². The highest BCUT2D eigenvalue weighted by Crippen LogP contribution is 2.26. The smallest absolute Gasteiger partial charge is 0.322 e. The van der Waals surface area contributed by atoms with Crippen LogP contribution < -0.4 is 5.32 Å². The van der Waals surface area contributed by atoms with E-state index < -0.39 is 10.0 Å². The quantitative estimate of drug-likeness (QED) is 0.568. The van der Waals surface area contributed by atoms with E-state index in [2.05, 4.69) is 15.5 Å². The summed E-state index contributed by atoms with van der Waals surface area (Å²) in [6.07, 6.45) is 0.743. The van der Waals surface area contributed by atoms with Gasteiger partial charge in [0.1, 0.15) is 0 Å². The number of hydrogen-bond donors (Lipinski definition) is 1. The fraction of sp³-hybridized carbons (Fsp3) is 0.273. The molecule has 32 heavy (non-hydrogen) atoms. The number of aromatic nitrogens is 2. The zero-order chi connectivity index (χ0) is 22.7. The van der Waals surface area contributed by atoms with Gasteiger partial charge in [0.15, 0.2) is 5.78 Å². The number of Topliss-reactive ketones (excluding diaryl/α,β-unsaturated/α-hetero) is 1. The van der Waals surface area contributed by atoms with Gasteiger partial charge in [0, 0.05) is 30.1 Å². The lowest BCUT2D eigenvalue weighted by atomic mass is 9.97. The average molecular weight is 455 g/mol. The van der Waals surface area contributed by atoms with E-state index in [0.717, 1.165) is 5.56 Å². The minimum absolute atomic E-state index is 0.00876. The Bertz CT molecular complexity index is 1210. The van der Waals surface area contributed by atoms with E-state index in [1.807, 2.05) is 30.3 Å². The van der Waals surface area contributed by atoms with Gasteiger partial charge in [0.05, 0.1) is 4.90 Å². The van der Waals surface area contributed by atoms with Gasteiger partial charge in [-0.15, -0.1) is 5.10 Å². The normalized spacial score (nSPS) is 15.4. The molecule has 1 fully saturated rings. The van der Waals surface area contributed by atoms with Gasteiger partial charge >= 0.3 is 6.01 Å². The molecule has 0 bridgehead atoms. The van der Waals surface area contributed by atoms with Crippen LogP contribution in [0.15, 0.2) is 63.9 Å². The van der Waals surface area contributed by atoms with E-state index in [1.165, 1.54) is 35.5 Å². The third-order valence-electron chi connectivity index (χ3n) is 5.40. The van der Waals surface area contributed by atoms with Crippen molar-refractivity contribution in [2.24, 2.45) is 5.92 Å². The fourth-order valence-electron chi connectivity index (χ4n) is 3.55. The molecule has 166 valence electrons. The number of amides is 1. The Morgan fingerprint density at radius 3 is 2.28 bits per heavy atom. The Kier molecular flexibility index (Phi) is 6.15. The second-order valence-corrected chi connectivity index (χ2v) is 9.46. The molecule has 0 saturated carbocycles. The lowest BCUT2D eigenvalue weighted by Crippen LogP contribution is -2.41. The Balaban J connectivity index is 1.35. The van der Waals surface area contributed by atoms with E-state index in [1.54, 1.807) is 0 Å². The zero-order valence-electron chi connectivity index (χ0n) is 17.4. The maximum absolute atomic E-state index is 12.9. The topological polar surface area (TPSA) is 122 Å². The summed E-state index contributed by atoms with van der Waals surface area (Å²) in [5, 5.41) is 10.4. The van der Waals surface area contributed by atoms with Gasteiger partial charge in [-0.3, -0.25) is 14.9 Å². The minimum Gasteiger partial charge on any atom is -0.403 e. The average Bonchev–Trinajstić information content (AvgIpc) is 3.28. The molecule has 9 nitrogen and oxygen atoms in total. The molecule has 0 atom stereocenters. The second-order valence-electron chi connectivity index (χ2n) is 7.53. The van der Waals surface area contributed by atoms with Crippen LogP contribution in [0.2, 0.25) is 0 Å². The van der Waals surface area contributed by atoms with Crippen molar-refractivity contribution in [2.45, 2.75) is 24.7 Å². The molecule has 4 rings (SSSR count). The number of sulfonamides is 1. The molecule has 0 radical (unpaired) electrons. The third-order valence-corrected chi connectivity index (χ3v) is 7.31. The second kappa shape index (κ2) is 9.01. The monoisotopic (exact) mass is 454 g/mol. The maximum atomic E-state index is 12.9. The summed E-state index contributed by atoms with van der Waals surface area (Å²) in [5.74, 6) is -0.472. The number of ketones is 1. The molecule has 1 saturated heterocycles. The first-order valence-electron chi connectivity index (χ1n) is 10.2. The summed E-state index contributed by atoms with van der Waals surface area (Å²) < 4.78 is 32.6. The molecule has 10 heteroatoms. The highest BCUT2D eigenvalue weighted by Gasteiger charge is 2.32.